The lowest BCUT2D eigenvalue weighted by atomic mass is 9.94. The Morgan fingerprint density at radius 1 is 1.50 bits per heavy atom. The fourth-order valence-electron chi connectivity index (χ4n) is 0. The quantitative estimate of drug-likeness (QED) is 0.428. The zero-order valence-corrected chi connectivity index (χ0v) is 4.91. The van der Waals surface area contributed by atoms with Gasteiger partial charge in [-0.2, -0.15) is 0 Å². The number of hydrogen-bond acceptors (Lipinski definition) is 0. The van der Waals surface area contributed by atoms with Gasteiger partial charge in [-0.3, -0.25) is 0 Å². The third-order valence-electron chi connectivity index (χ3n) is 0.957. The topological polar surface area (TPSA) is 0 Å². The summed E-state index contributed by atoms with van der Waals surface area (Å²) >= 11 is 0. The maximum absolute atomic E-state index is 3.89. The predicted molar refractivity (Wildman–Crippen MR) is 29.4 cm³/mol. The summed E-state index contributed by atoms with van der Waals surface area (Å²) in [4.78, 5) is 0. The SMILES string of the molecule is [CH2+]C(C)(C)CC. The molecule has 0 aliphatic carbocycles. The van der Waals surface area contributed by atoms with Crippen LogP contribution in [0.15, 0.2) is 0 Å². The predicted octanol–water partition coefficient (Wildman–Crippen LogP) is 2.26. The summed E-state index contributed by atoms with van der Waals surface area (Å²) in [6.45, 7) is 10.3. The summed E-state index contributed by atoms with van der Waals surface area (Å²) < 4.78 is 0. The van der Waals surface area contributed by atoms with Gasteiger partial charge in [0, 0.05) is 0 Å². The van der Waals surface area contributed by atoms with Crippen molar-refractivity contribution in [1.82, 2.24) is 0 Å². The van der Waals surface area contributed by atoms with E-state index in [2.05, 4.69) is 27.7 Å². The Hall–Kier alpha value is -0.130. The van der Waals surface area contributed by atoms with Gasteiger partial charge < -0.3 is 0 Å². The summed E-state index contributed by atoms with van der Waals surface area (Å²) in [5, 5.41) is 0. The molecule has 0 rings (SSSR count). The highest BCUT2D eigenvalue weighted by Gasteiger charge is 2.12. The van der Waals surface area contributed by atoms with Crippen LogP contribution in [0.4, 0.5) is 0 Å². The Morgan fingerprint density at radius 2 is 1.67 bits per heavy atom. The van der Waals surface area contributed by atoms with Crippen molar-refractivity contribution in [2.75, 3.05) is 0 Å². The molecule has 36 valence electrons. The van der Waals surface area contributed by atoms with Gasteiger partial charge >= 0.3 is 0 Å². The molecule has 0 heterocycles. The second kappa shape index (κ2) is 1.55. The molecule has 0 bridgehead atoms. The zero-order chi connectivity index (χ0) is 5.21. The van der Waals surface area contributed by atoms with Gasteiger partial charge in [-0.25, -0.2) is 0 Å². The summed E-state index contributed by atoms with van der Waals surface area (Å²) in [5.41, 5.74) is 0.292. The van der Waals surface area contributed by atoms with Crippen molar-refractivity contribution in [2.45, 2.75) is 27.2 Å². The Bertz CT molecular complexity index is 29.8. The van der Waals surface area contributed by atoms with E-state index in [0.717, 1.165) is 6.42 Å². The molecule has 0 unspecified atom stereocenters. The first kappa shape index (κ1) is 5.87. The van der Waals surface area contributed by atoms with E-state index >= 15 is 0 Å². The summed E-state index contributed by atoms with van der Waals surface area (Å²) in [6.07, 6.45) is 1.16. The van der Waals surface area contributed by atoms with Gasteiger partial charge in [-0.1, -0.05) is 6.92 Å². The Labute approximate surface area is 40.6 Å². The second-order valence-corrected chi connectivity index (χ2v) is 2.52. The average molecular weight is 85.2 g/mol. The minimum Gasteiger partial charge on any atom is -0.0608 e. The van der Waals surface area contributed by atoms with Gasteiger partial charge in [0.25, 0.3) is 0 Å². The minimum absolute atomic E-state index is 0.292. The van der Waals surface area contributed by atoms with Gasteiger partial charge in [0.05, 0.1) is 12.3 Å². The molecule has 0 aromatic rings. The maximum Gasteiger partial charge on any atom is 0.0995 e. The number of rotatable bonds is 1. The van der Waals surface area contributed by atoms with E-state index in [1.807, 2.05) is 0 Å². The van der Waals surface area contributed by atoms with E-state index in [1.165, 1.54) is 0 Å². The first-order valence-corrected chi connectivity index (χ1v) is 2.41. The van der Waals surface area contributed by atoms with Crippen LogP contribution in [-0.4, -0.2) is 0 Å². The van der Waals surface area contributed by atoms with E-state index in [4.69, 9.17) is 0 Å². The third kappa shape index (κ3) is 3.87. The lowest BCUT2D eigenvalue weighted by Crippen LogP contribution is -2.00. The molecule has 0 atom stereocenters. The van der Waals surface area contributed by atoms with E-state index in [9.17, 15) is 0 Å². The van der Waals surface area contributed by atoms with Crippen molar-refractivity contribution >= 4 is 0 Å². The molecule has 0 spiro atoms. The van der Waals surface area contributed by atoms with Crippen molar-refractivity contribution in [2.24, 2.45) is 5.41 Å². The summed E-state index contributed by atoms with van der Waals surface area (Å²) in [6, 6.07) is 0. The molecular formula is C6H13+. The van der Waals surface area contributed by atoms with Crippen LogP contribution in [0.3, 0.4) is 0 Å². The summed E-state index contributed by atoms with van der Waals surface area (Å²) in [7, 11) is 0. The van der Waals surface area contributed by atoms with Crippen LogP contribution in [0.2, 0.25) is 0 Å². The van der Waals surface area contributed by atoms with Crippen molar-refractivity contribution in [3.63, 3.8) is 0 Å². The Balaban J connectivity index is 3.17. The van der Waals surface area contributed by atoms with Crippen LogP contribution in [0.1, 0.15) is 27.2 Å². The minimum atomic E-state index is 0.292. The Morgan fingerprint density at radius 3 is 1.67 bits per heavy atom. The first-order chi connectivity index (χ1) is 2.56. The molecule has 0 saturated carbocycles. The molecule has 0 nitrogen and oxygen atoms in total. The van der Waals surface area contributed by atoms with Crippen molar-refractivity contribution in [1.29, 1.82) is 0 Å². The van der Waals surface area contributed by atoms with Crippen LogP contribution in [0.5, 0.6) is 0 Å². The molecule has 0 fully saturated rings. The highest BCUT2D eigenvalue weighted by Crippen LogP contribution is 2.15. The average Bonchev–Trinajstić information content (AvgIpc) is 1.35. The van der Waals surface area contributed by atoms with Crippen LogP contribution in [0, 0.1) is 12.3 Å². The number of hydrogen-bond donors (Lipinski definition) is 0. The fraction of sp³-hybridized carbons (Fsp3) is 0.833. The van der Waals surface area contributed by atoms with E-state index in [-0.39, 0.29) is 0 Å². The van der Waals surface area contributed by atoms with E-state index < -0.39 is 0 Å². The van der Waals surface area contributed by atoms with Gasteiger partial charge in [-0.05, 0) is 20.3 Å². The highest BCUT2D eigenvalue weighted by atomic mass is 14.1. The molecule has 6 heavy (non-hydrogen) atoms. The molecule has 0 amide bonds. The molecule has 0 aliphatic rings. The van der Waals surface area contributed by atoms with Crippen LogP contribution < -0.4 is 0 Å². The van der Waals surface area contributed by atoms with E-state index in [0.29, 0.717) is 5.41 Å². The normalized spacial score (nSPS) is 11.8. The lowest BCUT2D eigenvalue weighted by molar-refractivity contribution is 0.457. The van der Waals surface area contributed by atoms with Crippen LogP contribution in [0.25, 0.3) is 0 Å². The molecule has 0 aromatic carbocycles. The molecule has 0 radical (unpaired) electrons. The van der Waals surface area contributed by atoms with Gasteiger partial charge in [-0.15, -0.1) is 0 Å². The fourth-order valence-corrected chi connectivity index (χ4v) is 0. The van der Waals surface area contributed by atoms with Gasteiger partial charge in [0.1, 0.15) is 0 Å². The first-order valence-electron chi connectivity index (χ1n) is 2.41. The van der Waals surface area contributed by atoms with Crippen molar-refractivity contribution < 1.29 is 0 Å². The van der Waals surface area contributed by atoms with Gasteiger partial charge in [0.2, 0.25) is 0 Å². The van der Waals surface area contributed by atoms with Gasteiger partial charge in [0.15, 0.2) is 0 Å². The summed E-state index contributed by atoms with van der Waals surface area (Å²) in [5.74, 6) is 0. The van der Waals surface area contributed by atoms with Crippen molar-refractivity contribution in [3.05, 3.63) is 6.92 Å². The lowest BCUT2D eigenvalue weighted by Gasteiger charge is -2.03. The zero-order valence-electron chi connectivity index (χ0n) is 4.91. The maximum atomic E-state index is 3.89. The molecule has 0 aromatic heterocycles. The monoisotopic (exact) mass is 85.1 g/mol. The molecule has 0 heteroatoms. The molecule has 0 aliphatic heterocycles. The molecular weight excluding hydrogens is 72.1 g/mol. The Kier molecular flexibility index (Phi) is 1.51. The van der Waals surface area contributed by atoms with Crippen molar-refractivity contribution in [3.8, 4) is 0 Å². The second-order valence-electron chi connectivity index (χ2n) is 2.52. The smallest absolute Gasteiger partial charge is 0.0608 e. The highest BCUT2D eigenvalue weighted by molar-refractivity contribution is 4.66. The third-order valence-corrected chi connectivity index (χ3v) is 0.957. The van der Waals surface area contributed by atoms with E-state index in [1.54, 1.807) is 0 Å². The standard InChI is InChI=1S/C6H13/c1-5-6(2,3)4/h2,5H2,1,3-4H3/q+1. The largest absolute Gasteiger partial charge is 0.0995 e. The van der Waals surface area contributed by atoms with Crippen LogP contribution in [-0.2, 0) is 0 Å². The van der Waals surface area contributed by atoms with Crippen LogP contribution >= 0.6 is 0 Å². The molecule has 0 N–H and O–H groups in total. The molecule has 0 saturated heterocycles.